The van der Waals surface area contributed by atoms with E-state index in [1.165, 1.54) is 12.7 Å². The van der Waals surface area contributed by atoms with Gasteiger partial charge in [-0.3, -0.25) is 9.48 Å². The number of benzene rings is 1. The highest BCUT2D eigenvalue weighted by atomic mass is 16.1. The van der Waals surface area contributed by atoms with Crippen molar-refractivity contribution in [2.75, 3.05) is 0 Å². The second-order valence-electron chi connectivity index (χ2n) is 7.08. The summed E-state index contributed by atoms with van der Waals surface area (Å²) in [6.07, 6.45) is 7.97. The van der Waals surface area contributed by atoms with Crippen LogP contribution < -0.4 is 5.32 Å². The van der Waals surface area contributed by atoms with E-state index in [-0.39, 0.29) is 11.9 Å². The van der Waals surface area contributed by atoms with E-state index in [4.69, 9.17) is 4.98 Å². The van der Waals surface area contributed by atoms with Gasteiger partial charge in [-0.15, -0.1) is 0 Å². The van der Waals surface area contributed by atoms with Crippen LogP contribution in [-0.4, -0.2) is 41.7 Å². The standard InChI is InChI=1S/C21H21N7O/c1-13-4-5-17-18(21(29)26-14(2)9-28-12-24-11-25-28)6-19(27-20(17)15(13)3)16-7-22-10-23-8-16/h4-8,10-12,14H,9H2,1-3H3,(H,26,29)/t14-/m0/s1. The molecule has 1 N–H and O–H groups in total. The minimum absolute atomic E-state index is 0.123. The van der Waals surface area contributed by atoms with Crippen LogP contribution in [0.15, 0.2) is 49.6 Å². The summed E-state index contributed by atoms with van der Waals surface area (Å²) in [5, 5.41) is 7.96. The van der Waals surface area contributed by atoms with Gasteiger partial charge in [0, 0.05) is 29.4 Å². The molecular weight excluding hydrogens is 366 g/mol. The van der Waals surface area contributed by atoms with Crippen LogP contribution >= 0.6 is 0 Å². The normalized spacial score (nSPS) is 12.1. The molecule has 3 aromatic heterocycles. The van der Waals surface area contributed by atoms with Crippen LogP contribution in [0.1, 0.15) is 28.4 Å². The molecule has 0 aliphatic rings. The monoisotopic (exact) mass is 387 g/mol. The highest BCUT2D eigenvalue weighted by Crippen LogP contribution is 2.27. The molecule has 146 valence electrons. The van der Waals surface area contributed by atoms with Crippen LogP contribution in [-0.2, 0) is 6.54 Å². The van der Waals surface area contributed by atoms with E-state index in [1.807, 2.05) is 32.9 Å². The molecule has 1 aromatic carbocycles. The third-order valence-corrected chi connectivity index (χ3v) is 4.91. The molecular formula is C21H21N7O. The summed E-state index contributed by atoms with van der Waals surface area (Å²) in [4.78, 5) is 30.1. The SMILES string of the molecule is Cc1ccc2c(C(=O)N[C@@H](C)Cn3cncn3)cc(-c3cncnc3)nc2c1C. The van der Waals surface area contributed by atoms with Gasteiger partial charge in [0.05, 0.1) is 23.3 Å². The average Bonchev–Trinajstić information content (AvgIpc) is 3.23. The van der Waals surface area contributed by atoms with Crippen molar-refractivity contribution in [3.8, 4) is 11.3 Å². The zero-order chi connectivity index (χ0) is 20.4. The summed E-state index contributed by atoms with van der Waals surface area (Å²) in [6, 6.07) is 5.64. The summed E-state index contributed by atoms with van der Waals surface area (Å²) in [6.45, 7) is 6.52. The summed E-state index contributed by atoms with van der Waals surface area (Å²) >= 11 is 0. The molecule has 8 nitrogen and oxygen atoms in total. The second kappa shape index (κ2) is 7.75. The number of carbonyl (C=O) groups excluding carboxylic acids is 1. The summed E-state index contributed by atoms with van der Waals surface area (Å²) in [5.74, 6) is -0.161. The van der Waals surface area contributed by atoms with Gasteiger partial charge in [0.1, 0.15) is 19.0 Å². The van der Waals surface area contributed by atoms with Gasteiger partial charge < -0.3 is 5.32 Å². The number of amides is 1. The van der Waals surface area contributed by atoms with E-state index < -0.39 is 0 Å². The Balaban J connectivity index is 1.75. The Morgan fingerprint density at radius 2 is 1.93 bits per heavy atom. The summed E-state index contributed by atoms with van der Waals surface area (Å²) in [5.41, 5.74) is 4.98. The third-order valence-electron chi connectivity index (χ3n) is 4.91. The summed E-state index contributed by atoms with van der Waals surface area (Å²) < 4.78 is 1.69. The fraction of sp³-hybridized carbons (Fsp3) is 0.238. The van der Waals surface area contributed by atoms with Crippen LogP contribution in [0.2, 0.25) is 0 Å². The third kappa shape index (κ3) is 3.82. The van der Waals surface area contributed by atoms with Crippen molar-refractivity contribution in [2.45, 2.75) is 33.4 Å². The van der Waals surface area contributed by atoms with Gasteiger partial charge in [0.15, 0.2) is 0 Å². The van der Waals surface area contributed by atoms with Crippen LogP contribution in [0, 0.1) is 13.8 Å². The number of pyridine rings is 1. The van der Waals surface area contributed by atoms with Crippen molar-refractivity contribution in [3.63, 3.8) is 0 Å². The van der Waals surface area contributed by atoms with Gasteiger partial charge in [-0.2, -0.15) is 5.10 Å². The molecule has 0 bridgehead atoms. The zero-order valence-corrected chi connectivity index (χ0v) is 16.5. The lowest BCUT2D eigenvalue weighted by Crippen LogP contribution is -2.36. The maximum atomic E-state index is 13.2. The van der Waals surface area contributed by atoms with Gasteiger partial charge in [0.2, 0.25) is 0 Å². The minimum atomic E-state index is -0.161. The summed E-state index contributed by atoms with van der Waals surface area (Å²) in [7, 11) is 0. The van der Waals surface area contributed by atoms with Crippen LogP contribution in [0.4, 0.5) is 0 Å². The molecule has 0 saturated heterocycles. The number of hydrogen-bond donors (Lipinski definition) is 1. The molecule has 1 amide bonds. The minimum Gasteiger partial charge on any atom is -0.348 e. The Hall–Kier alpha value is -3.68. The molecule has 4 rings (SSSR count). The zero-order valence-electron chi connectivity index (χ0n) is 16.5. The molecule has 0 aliphatic heterocycles. The molecule has 0 fully saturated rings. The van der Waals surface area contributed by atoms with E-state index >= 15 is 0 Å². The van der Waals surface area contributed by atoms with Crippen LogP contribution in [0.5, 0.6) is 0 Å². The second-order valence-corrected chi connectivity index (χ2v) is 7.08. The fourth-order valence-corrected chi connectivity index (χ4v) is 3.25. The van der Waals surface area contributed by atoms with Crippen LogP contribution in [0.25, 0.3) is 22.2 Å². The predicted molar refractivity (Wildman–Crippen MR) is 109 cm³/mol. The van der Waals surface area contributed by atoms with E-state index in [0.717, 1.165) is 27.6 Å². The first-order chi connectivity index (χ1) is 14.0. The van der Waals surface area contributed by atoms with Crippen molar-refractivity contribution in [1.82, 2.24) is 35.0 Å². The lowest BCUT2D eigenvalue weighted by atomic mass is 9.99. The molecule has 29 heavy (non-hydrogen) atoms. The van der Waals surface area contributed by atoms with E-state index in [1.54, 1.807) is 29.5 Å². The Morgan fingerprint density at radius 3 is 2.66 bits per heavy atom. The molecule has 3 heterocycles. The van der Waals surface area contributed by atoms with Gasteiger partial charge in [0.25, 0.3) is 5.91 Å². The van der Waals surface area contributed by atoms with E-state index in [0.29, 0.717) is 17.8 Å². The average molecular weight is 387 g/mol. The molecule has 0 unspecified atom stereocenters. The largest absolute Gasteiger partial charge is 0.348 e. The molecule has 0 aliphatic carbocycles. The lowest BCUT2D eigenvalue weighted by Gasteiger charge is -2.16. The quantitative estimate of drug-likeness (QED) is 0.565. The van der Waals surface area contributed by atoms with E-state index in [9.17, 15) is 4.79 Å². The molecule has 0 saturated carbocycles. The number of nitrogens with zero attached hydrogens (tertiary/aromatic N) is 6. The van der Waals surface area contributed by atoms with Crippen molar-refractivity contribution >= 4 is 16.8 Å². The Bertz CT molecular complexity index is 1160. The smallest absolute Gasteiger partial charge is 0.252 e. The van der Waals surface area contributed by atoms with Gasteiger partial charge in [-0.05, 0) is 38.0 Å². The van der Waals surface area contributed by atoms with Crippen LogP contribution in [0.3, 0.4) is 0 Å². The molecule has 1 atom stereocenters. The fourth-order valence-electron chi connectivity index (χ4n) is 3.25. The number of hydrogen-bond acceptors (Lipinski definition) is 6. The molecule has 0 spiro atoms. The Labute approximate surface area is 168 Å². The van der Waals surface area contributed by atoms with Crippen molar-refractivity contribution in [1.29, 1.82) is 0 Å². The molecule has 8 heteroatoms. The first-order valence-electron chi connectivity index (χ1n) is 9.32. The maximum absolute atomic E-state index is 13.2. The van der Waals surface area contributed by atoms with E-state index in [2.05, 4.69) is 25.4 Å². The lowest BCUT2D eigenvalue weighted by molar-refractivity contribution is 0.0937. The molecule has 0 radical (unpaired) electrons. The highest BCUT2D eigenvalue weighted by molar-refractivity contribution is 6.08. The van der Waals surface area contributed by atoms with Gasteiger partial charge in [-0.1, -0.05) is 12.1 Å². The number of rotatable bonds is 5. The van der Waals surface area contributed by atoms with Crippen molar-refractivity contribution < 1.29 is 4.79 Å². The first kappa shape index (κ1) is 18.7. The number of carbonyl (C=O) groups is 1. The van der Waals surface area contributed by atoms with Crippen molar-refractivity contribution in [3.05, 3.63) is 66.3 Å². The van der Waals surface area contributed by atoms with Crippen molar-refractivity contribution in [2.24, 2.45) is 0 Å². The first-order valence-corrected chi connectivity index (χ1v) is 9.32. The number of fused-ring (bicyclic) bond motifs is 1. The number of nitrogens with one attached hydrogen (secondary N) is 1. The Kier molecular flexibility index (Phi) is 4.99. The Morgan fingerprint density at radius 1 is 1.14 bits per heavy atom. The van der Waals surface area contributed by atoms with Gasteiger partial charge in [-0.25, -0.2) is 19.9 Å². The number of aromatic nitrogens is 6. The maximum Gasteiger partial charge on any atom is 0.252 e. The predicted octanol–water partition coefficient (Wildman–Crippen LogP) is 2.72. The topological polar surface area (TPSA) is 98.5 Å². The number of aryl methyl sites for hydroxylation is 2. The molecule has 4 aromatic rings. The van der Waals surface area contributed by atoms with Gasteiger partial charge >= 0.3 is 0 Å². The highest BCUT2D eigenvalue weighted by Gasteiger charge is 2.18.